The summed E-state index contributed by atoms with van der Waals surface area (Å²) in [6.45, 7) is 8.42. The van der Waals surface area contributed by atoms with Crippen molar-refractivity contribution in [3.05, 3.63) is 30.1 Å². The molecule has 3 unspecified atom stereocenters. The summed E-state index contributed by atoms with van der Waals surface area (Å²) in [4.78, 5) is 2.43. The highest BCUT2D eigenvalue weighted by Gasteiger charge is 2.38. The van der Waals surface area contributed by atoms with Crippen molar-refractivity contribution in [2.75, 3.05) is 6.61 Å². The van der Waals surface area contributed by atoms with E-state index in [2.05, 4.69) is 36.6 Å². The number of aliphatic hydroxyl groups is 1. The van der Waals surface area contributed by atoms with Gasteiger partial charge in [0.25, 0.3) is 0 Å². The Morgan fingerprint density at radius 1 is 1.58 bits per heavy atom. The molecule has 1 aliphatic rings. The van der Waals surface area contributed by atoms with E-state index in [0.29, 0.717) is 12.1 Å². The maximum absolute atomic E-state index is 9.62. The van der Waals surface area contributed by atoms with Gasteiger partial charge >= 0.3 is 0 Å². The van der Waals surface area contributed by atoms with Gasteiger partial charge in [0.2, 0.25) is 0 Å². The number of rotatable bonds is 5. The number of hydrogen-bond donors (Lipinski definition) is 1. The molecule has 1 aliphatic heterocycles. The topological polar surface area (TPSA) is 41.3 Å². The van der Waals surface area contributed by atoms with Crippen LogP contribution >= 0.6 is 0 Å². The van der Waals surface area contributed by atoms with Crippen LogP contribution in [0.5, 0.6) is 0 Å². The molecule has 0 aliphatic carbocycles. The molecule has 0 bridgehead atoms. The average Bonchev–Trinajstić information content (AvgIpc) is 2.94. The van der Waals surface area contributed by atoms with E-state index in [-0.39, 0.29) is 12.6 Å². The van der Waals surface area contributed by atoms with Crippen LogP contribution < -0.4 is 0 Å². The second-order valence-electron chi connectivity index (χ2n) is 5.43. The largest absolute Gasteiger partial charge is 0.395 e. The quantitative estimate of drug-likeness (QED) is 0.828. The molecule has 4 nitrogen and oxygen atoms in total. The number of aliphatic hydroxyl groups excluding tert-OH is 1. The van der Waals surface area contributed by atoms with E-state index in [1.165, 1.54) is 5.56 Å². The fourth-order valence-electron chi connectivity index (χ4n) is 3.35. The zero-order valence-corrected chi connectivity index (χ0v) is 12.2. The van der Waals surface area contributed by atoms with Crippen LogP contribution in [0, 0.1) is 6.92 Å². The molecule has 1 fully saturated rings. The third-order valence-corrected chi connectivity index (χ3v) is 4.25. The molecule has 1 aromatic heterocycles. The smallest absolute Gasteiger partial charge is 0.0641 e. The van der Waals surface area contributed by atoms with Crippen LogP contribution in [0.1, 0.15) is 43.5 Å². The van der Waals surface area contributed by atoms with Crippen molar-refractivity contribution in [3.63, 3.8) is 0 Å². The van der Waals surface area contributed by atoms with Crippen LogP contribution in [0.25, 0.3) is 0 Å². The zero-order chi connectivity index (χ0) is 14.0. The first-order valence-corrected chi connectivity index (χ1v) is 7.13. The van der Waals surface area contributed by atoms with Gasteiger partial charge in [0.05, 0.1) is 12.3 Å². The fourth-order valence-corrected chi connectivity index (χ4v) is 3.35. The van der Waals surface area contributed by atoms with Crippen molar-refractivity contribution >= 4 is 0 Å². The summed E-state index contributed by atoms with van der Waals surface area (Å²) in [5.74, 6) is 0. The monoisotopic (exact) mass is 263 g/mol. The van der Waals surface area contributed by atoms with Crippen LogP contribution in [-0.2, 0) is 7.05 Å². The van der Waals surface area contributed by atoms with Crippen LogP contribution in [0.2, 0.25) is 0 Å². The maximum Gasteiger partial charge on any atom is 0.0641 e. The summed E-state index contributed by atoms with van der Waals surface area (Å²) < 4.78 is 1.88. The van der Waals surface area contributed by atoms with E-state index in [1.807, 2.05) is 17.8 Å². The van der Waals surface area contributed by atoms with Gasteiger partial charge in [-0.2, -0.15) is 5.10 Å². The van der Waals surface area contributed by atoms with Crippen molar-refractivity contribution in [1.82, 2.24) is 14.7 Å². The van der Waals surface area contributed by atoms with Crippen molar-refractivity contribution in [2.45, 2.75) is 51.2 Å². The van der Waals surface area contributed by atoms with Crippen molar-refractivity contribution in [1.29, 1.82) is 0 Å². The van der Waals surface area contributed by atoms with Gasteiger partial charge in [0.1, 0.15) is 0 Å². The molecule has 4 heteroatoms. The fraction of sp³-hybridized carbons (Fsp3) is 0.667. The Hall–Kier alpha value is -1.13. The number of aryl methyl sites for hydroxylation is 2. The molecule has 0 spiro atoms. The van der Waals surface area contributed by atoms with E-state index in [0.717, 1.165) is 25.0 Å². The van der Waals surface area contributed by atoms with E-state index >= 15 is 0 Å². The second kappa shape index (κ2) is 5.88. The first kappa shape index (κ1) is 14.3. The lowest BCUT2D eigenvalue weighted by Crippen LogP contribution is -2.41. The molecule has 0 saturated carbocycles. The summed E-state index contributed by atoms with van der Waals surface area (Å²) in [6.07, 6.45) is 7.27. The average molecular weight is 263 g/mol. The van der Waals surface area contributed by atoms with Gasteiger partial charge in [-0.25, -0.2) is 0 Å². The van der Waals surface area contributed by atoms with E-state index in [4.69, 9.17) is 0 Å². The Balaban J connectivity index is 2.33. The molecule has 2 rings (SSSR count). The third-order valence-electron chi connectivity index (χ3n) is 4.25. The Labute approximate surface area is 115 Å². The Kier molecular flexibility index (Phi) is 4.42. The van der Waals surface area contributed by atoms with Crippen molar-refractivity contribution < 1.29 is 5.11 Å². The molecule has 2 heterocycles. The van der Waals surface area contributed by atoms with Crippen LogP contribution in [0.4, 0.5) is 0 Å². The van der Waals surface area contributed by atoms with Crippen LogP contribution in [0.15, 0.2) is 18.9 Å². The van der Waals surface area contributed by atoms with E-state index < -0.39 is 0 Å². The predicted molar refractivity (Wildman–Crippen MR) is 76.9 cm³/mol. The van der Waals surface area contributed by atoms with Gasteiger partial charge in [-0.15, -0.1) is 6.58 Å². The molecule has 1 N–H and O–H groups in total. The summed E-state index contributed by atoms with van der Waals surface area (Å²) >= 11 is 0. The lowest BCUT2D eigenvalue weighted by Gasteiger charge is -2.34. The van der Waals surface area contributed by atoms with Crippen molar-refractivity contribution in [2.24, 2.45) is 7.05 Å². The molecule has 1 saturated heterocycles. The highest BCUT2D eigenvalue weighted by molar-refractivity contribution is 5.23. The Morgan fingerprint density at radius 2 is 2.32 bits per heavy atom. The van der Waals surface area contributed by atoms with E-state index in [1.54, 1.807) is 0 Å². The summed E-state index contributed by atoms with van der Waals surface area (Å²) in [6, 6.07) is 0.922. The lowest BCUT2D eigenvalue weighted by molar-refractivity contribution is 0.101. The SMILES string of the molecule is C=CC(CC)N1C(CO)CCC1c1cn(C)nc1C. The maximum atomic E-state index is 9.62. The van der Waals surface area contributed by atoms with Gasteiger partial charge in [-0.1, -0.05) is 13.0 Å². The first-order valence-electron chi connectivity index (χ1n) is 7.13. The van der Waals surface area contributed by atoms with Gasteiger partial charge in [-0.3, -0.25) is 9.58 Å². The Bertz CT molecular complexity index is 441. The molecule has 0 aromatic carbocycles. The molecule has 1 aromatic rings. The minimum Gasteiger partial charge on any atom is -0.395 e. The molecular weight excluding hydrogens is 238 g/mol. The molecule has 19 heavy (non-hydrogen) atoms. The number of hydrogen-bond acceptors (Lipinski definition) is 3. The van der Waals surface area contributed by atoms with Gasteiger partial charge in [-0.05, 0) is 26.2 Å². The highest BCUT2D eigenvalue weighted by atomic mass is 16.3. The van der Waals surface area contributed by atoms with Crippen LogP contribution in [0.3, 0.4) is 0 Å². The van der Waals surface area contributed by atoms with Gasteiger partial charge < -0.3 is 5.11 Å². The zero-order valence-electron chi connectivity index (χ0n) is 12.2. The molecule has 3 atom stereocenters. The first-order chi connectivity index (χ1) is 9.12. The van der Waals surface area contributed by atoms with Gasteiger partial charge in [0, 0.05) is 36.9 Å². The predicted octanol–water partition coefficient (Wildman–Crippen LogP) is 2.19. The lowest BCUT2D eigenvalue weighted by atomic mass is 10.0. The third kappa shape index (κ3) is 2.60. The Morgan fingerprint density at radius 3 is 2.79 bits per heavy atom. The number of likely N-dealkylation sites (tertiary alicyclic amines) is 1. The molecular formula is C15H25N3O. The minimum absolute atomic E-state index is 0.222. The normalized spacial score (nSPS) is 25.7. The number of nitrogens with zero attached hydrogens (tertiary/aromatic N) is 3. The van der Waals surface area contributed by atoms with Gasteiger partial charge in [0.15, 0.2) is 0 Å². The molecule has 106 valence electrons. The summed E-state index contributed by atoms with van der Waals surface area (Å²) in [5.41, 5.74) is 2.38. The highest BCUT2D eigenvalue weighted by Crippen LogP contribution is 2.39. The summed E-state index contributed by atoms with van der Waals surface area (Å²) in [5, 5.41) is 14.1. The standard InChI is InChI=1S/C15H25N3O/c1-5-12(6-2)18-13(10-19)7-8-15(18)14-9-17(4)16-11(14)3/h5,9,12-13,15,19H,1,6-8,10H2,2-4H3. The summed E-state index contributed by atoms with van der Waals surface area (Å²) in [7, 11) is 1.96. The van der Waals surface area contributed by atoms with Crippen molar-refractivity contribution in [3.8, 4) is 0 Å². The number of aromatic nitrogens is 2. The molecule has 0 radical (unpaired) electrons. The van der Waals surface area contributed by atoms with E-state index in [9.17, 15) is 5.11 Å². The second-order valence-corrected chi connectivity index (χ2v) is 5.43. The van der Waals surface area contributed by atoms with Crippen LogP contribution in [-0.4, -0.2) is 38.5 Å². The molecule has 0 amide bonds. The minimum atomic E-state index is 0.222.